The van der Waals surface area contributed by atoms with Gasteiger partial charge >= 0.3 is 0 Å². The summed E-state index contributed by atoms with van der Waals surface area (Å²) in [4.78, 5) is 4.47. The molecule has 5 nitrogen and oxygen atoms in total. The zero-order chi connectivity index (χ0) is 11.5. The largest absolute Gasteiger partial charge is 0.311 e. The molecule has 0 bridgehead atoms. The van der Waals surface area contributed by atoms with Crippen LogP contribution in [0.25, 0.3) is 0 Å². The molecule has 2 aromatic heterocycles. The summed E-state index contributed by atoms with van der Waals surface area (Å²) >= 11 is 1.70. The molecule has 0 aliphatic rings. The van der Waals surface area contributed by atoms with Crippen LogP contribution in [0.1, 0.15) is 22.4 Å². The first-order valence-corrected chi connectivity index (χ1v) is 6.01. The maximum absolute atomic E-state index is 4.47. The molecular weight excluding hydrogens is 222 g/mol. The smallest absolute Gasteiger partial charge is 0.0947 e. The van der Waals surface area contributed by atoms with Crippen molar-refractivity contribution in [3.63, 3.8) is 0 Å². The van der Waals surface area contributed by atoms with Crippen LogP contribution in [0.5, 0.6) is 0 Å². The molecule has 2 aromatic rings. The van der Waals surface area contributed by atoms with Gasteiger partial charge in [-0.25, -0.2) is 4.98 Å². The third-order valence-electron chi connectivity index (χ3n) is 2.50. The lowest BCUT2D eigenvalue weighted by atomic mass is 10.1. The summed E-state index contributed by atoms with van der Waals surface area (Å²) in [5.74, 6) is 0. The van der Waals surface area contributed by atoms with E-state index in [0.29, 0.717) is 0 Å². The van der Waals surface area contributed by atoms with Crippen LogP contribution in [0, 0.1) is 6.92 Å². The van der Waals surface area contributed by atoms with Gasteiger partial charge in [0.1, 0.15) is 0 Å². The van der Waals surface area contributed by atoms with Gasteiger partial charge in [-0.3, -0.25) is 4.68 Å². The number of likely N-dealkylation sites (N-methyl/N-ethyl adjacent to an activating group) is 1. The molecule has 0 aromatic carbocycles. The number of nitrogens with one attached hydrogen (secondary N) is 1. The number of aryl methyl sites for hydroxylation is 2. The second kappa shape index (κ2) is 4.71. The van der Waals surface area contributed by atoms with Crippen molar-refractivity contribution in [3.8, 4) is 0 Å². The molecule has 1 atom stereocenters. The summed E-state index contributed by atoms with van der Waals surface area (Å²) in [5.41, 5.74) is 2.16. The minimum Gasteiger partial charge on any atom is -0.311 e. The number of hydrogen-bond acceptors (Lipinski definition) is 5. The van der Waals surface area contributed by atoms with E-state index in [0.717, 1.165) is 22.8 Å². The molecule has 86 valence electrons. The van der Waals surface area contributed by atoms with E-state index in [-0.39, 0.29) is 6.04 Å². The van der Waals surface area contributed by atoms with Crippen molar-refractivity contribution in [2.45, 2.75) is 19.4 Å². The number of rotatable bonds is 4. The van der Waals surface area contributed by atoms with Crippen molar-refractivity contribution in [2.24, 2.45) is 7.05 Å². The Morgan fingerprint density at radius 3 is 2.88 bits per heavy atom. The molecule has 0 spiro atoms. The van der Waals surface area contributed by atoms with E-state index in [4.69, 9.17) is 0 Å². The third-order valence-corrected chi connectivity index (χ3v) is 3.49. The minimum absolute atomic E-state index is 0.213. The van der Waals surface area contributed by atoms with Crippen LogP contribution < -0.4 is 5.32 Å². The summed E-state index contributed by atoms with van der Waals surface area (Å²) < 4.78 is 1.79. The lowest BCUT2D eigenvalue weighted by Gasteiger charge is -2.13. The second-order valence-electron chi connectivity index (χ2n) is 3.71. The Morgan fingerprint density at radius 1 is 1.56 bits per heavy atom. The Hall–Kier alpha value is -1.27. The first kappa shape index (κ1) is 11.2. The molecule has 1 N–H and O–H groups in total. The second-order valence-corrected chi connectivity index (χ2v) is 4.65. The van der Waals surface area contributed by atoms with E-state index in [2.05, 4.69) is 26.0 Å². The van der Waals surface area contributed by atoms with Crippen LogP contribution in [-0.2, 0) is 13.5 Å². The van der Waals surface area contributed by atoms with Crippen LogP contribution in [0.2, 0.25) is 0 Å². The minimum atomic E-state index is 0.213. The van der Waals surface area contributed by atoms with E-state index in [1.54, 1.807) is 22.2 Å². The van der Waals surface area contributed by atoms with E-state index in [1.807, 2.05) is 21.0 Å². The molecule has 0 saturated carbocycles. The molecule has 0 aliphatic carbocycles. The normalized spacial score (nSPS) is 12.9. The Labute approximate surface area is 98.5 Å². The highest BCUT2D eigenvalue weighted by molar-refractivity contribution is 7.09. The molecule has 16 heavy (non-hydrogen) atoms. The van der Waals surface area contributed by atoms with Gasteiger partial charge in [-0.05, 0) is 14.0 Å². The summed E-state index contributed by atoms with van der Waals surface area (Å²) in [7, 11) is 3.85. The van der Waals surface area contributed by atoms with Crippen molar-refractivity contribution >= 4 is 11.3 Å². The van der Waals surface area contributed by atoms with E-state index < -0.39 is 0 Å². The van der Waals surface area contributed by atoms with Gasteiger partial charge in [0.05, 0.1) is 22.9 Å². The highest BCUT2D eigenvalue weighted by Crippen LogP contribution is 2.19. The van der Waals surface area contributed by atoms with Crippen LogP contribution in [0.4, 0.5) is 0 Å². The predicted molar refractivity (Wildman–Crippen MR) is 63.4 cm³/mol. The van der Waals surface area contributed by atoms with Crippen molar-refractivity contribution in [1.82, 2.24) is 25.3 Å². The first-order valence-electron chi connectivity index (χ1n) is 5.13. The molecule has 0 radical (unpaired) electrons. The van der Waals surface area contributed by atoms with E-state index >= 15 is 0 Å². The maximum Gasteiger partial charge on any atom is 0.0947 e. The summed E-state index contributed by atoms with van der Waals surface area (Å²) in [6.45, 7) is 2.01. The molecule has 2 heterocycles. The van der Waals surface area contributed by atoms with Crippen LogP contribution in [-0.4, -0.2) is 27.0 Å². The molecule has 1 unspecified atom stereocenters. The van der Waals surface area contributed by atoms with Gasteiger partial charge in [0.2, 0.25) is 0 Å². The molecule has 0 saturated heterocycles. The van der Waals surface area contributed by atoms with Gasteiger partial charge in [0.15, 0.2) is 0 Å². The van der Waals surface area contributed by atoms with Crippen molar-refractivity contribution < 1.29 is 0 Å². The zero-order valence-electron chi connectivity index (χ0n) is 9.64. The lowest BCUT2D eigenvalue weighted by Crippen LogP contribution is -2.21. The Balaban J connectivity index is 2.15. The molecule has 0 amide bonds. The number of nitrogens with zero attached hydrogens (tertiary/aromatic N) is 4. The fraction of sp³-hybridized carbons (Fsp3) is 0.500. The van der Waals surface area contributed by atoms with Crippen LogP contribution in [0.3, 0.4) is 0 Å². The van der Waals surface area contributed by atoms with Crippen LogP contribution in [0.15, 0.2) is 11.6 Å². The molecule has 0 aliphatic heterocycles. The lowest BCUT2D eigenvalue weighted by molar-refractivity contribution is 0.533. The topological polar surface area (TPSA) is 55.6 Å². The van der Waals surface area contributed by atoms with Gasteiger partial charge in [0, 0.05) is 24.5 Å². The van der Waals surface area contributed by atoms with E-state index in [9.17, 15) is 0 Å². The van der Waals surface area contributed by atoms with Crippen molar-refractivity contribution in [1.29, 1.82) is 0 Å². The Kier molecular flexibility index (Phi) is 3.31. The molecule has 0 fully saturated rings. The SMILES string of the molecule is CNC(Cc1nc(C)cs1)c1cnnn1C. The standard InChI is InChI=1S/C10H15N5S/c1-7-6-16-10(13-7)4-8(11-2)9-5-12-14-15(9)3/h5-6,8,11H,4H2,1-3H3. The monoisotopic (exact) mass is 237 g/mol. The molecular formula is C10H15N5S. The third kappa shape index (κ3) is 2.28. The first-order chi connectivity index (χ1) is 7.70. The van der Waals surface area contributed by atoms with Gasteiger partial charge in [0.25, 0.3) is 0 Å². The van der Waals surface area contributed by atoms with Gasteiger partial charge < -0.3 is 5.32 Å². The maximum atomic E-state index is 4.47. The van der Waals surface area contributed by atoms with E-state index in [1.165, 1.54) is 0 Å². The molecule has 6 heteroatoms. The highest BCUT2D eigenvalue weighted by Gasteiger charge is 2.15. The Bertz CT molecular complexity index is 461. The van der Waals surface area contributed by atoms with Gasteiger partial charge in [-0.15, -0.1) is 16.4 Å². The number of hydrogen-bond donors (Lipinski definition) is 1. The Morgan fingerprint density at radius 2 is 2.38 bits per heavy atom. The average Bonchev–Trinajstić information content (AvgIpc) is 2.84. The van der Waals surface area contributed by atoms with Crippen molar-refractivity contribution in [3.05, 3.63) is 28.0 Å². The zero-order valence-corrected chi connectivity index (χ0v) is 10.5. The summed E-state index contributed by atoms with van der Waals surface area (Å²) in [6.07, 6.45) is 2.66. The predicted octanol–water partition coefficient (Wildman–Crippen LogP) is 1.08. The summed E-state index contributed by atoms with van der Waals surface area (Å²) in [5, 5.41) is 14.3. The number of aromatic nitrogens is 4. The number of thiazole rings is 1. The average molecular weight is 237 g/mol. The van der Waals surface area contributed by atoms with Gasteiger partial charge in [-0.2, -0.15) is 0 Å². The quantitative estimate of drug-likeness (QED) is 0.864. The van der Waals surface area contributed by atoms with Gasteiger partial charge in [-0.1, -0.05) is 5.21 Å². The highest BCUT2D eigenvalue weighted by atomic mass is 32.1. The fourth-order valence-corrected chi connectivity index (χ4v) is 2.46. The van der Waals surface area contributed by atoms with Crippen LogP contribution >= 0.6 is 11.3 Å². The molecule has 2 rings (SSSR count). The van der Waals surface area contributed by atoms with Crippen molar-refractivity contribution in [2.75, 3.05) is 7.05 Å². The summed E-state index contributed by atoms with van der Waals surface area (Å²) in [6, 6.07) is 0.213. The fourth-order valence-electron chi connectivity index (χ4n) is 1.64.